The van der Waals surface area contributed by atoms with E-state index < -0.39 is 0 Å². The van der Waals surface area contributed by atoms with Crippen molar-refractivity contribution in [2.75, 3.05) is 32.6 Å². The first-order chi connectivity index (χ1) is 14.2. The highest BCUT2D eigenvalue weighted by Crippen LogP contribution is 2.24. The molecular weight excluding hydrogens is 392 g/mol. The molecule has 3 aromatic rings. The zero-order chi connectivity index (χ0) is 20.2. The Labute approximate surface area is 172 Å². The number of H-pyrrole nitrogens is 1. The van der Waals surface area contributed by atoms with Crippen LogP contribution in [0.5, 0.6) is 0 Å². The van der Waals surface area contributed by atoms with Crippen LogP contribution in [0.4, 0.5) is 0 Å². The molecule has 1 atom stereocenters. The molecule has 0 saturated carbocycles. The number of amides is 1. The van der Waals surface area contributed by atoms with Crippen molar-refractivity contribution in [1.82, 2.24) is 19.9 Å². The predicted octanol–water partition coefficient (Wildman–Crippen LogP) is 1.91. The number of benzene rings is 1. The number of para-hydroxylation sites is 1. The molecule has 8 nitrogen and oxygen atoms in total. The van der Waals surface area contributed by atoms with Gasteiger partial charge in [0.05, 0.1) is 25.0 Å². The second kappa shape index (κ2) is 8.98. The maximum Gasteiger partial charge on any atom is 0.278 e. The Balaban J connectivity index is 1.58. The number of nitrogens with one attached hydrogen (secondary N) is 2. The monoisotopic (exact) mass is 416 g/mol. The molecule has 3 heterocycles. The lowest BCUT2D eigenvalue weighted by atomic mass is 10.2. The van der Waals surface area contributed by atoms with Gasteiger partial charge in [-0.3, -0.25) is 14.2 Å². The van der Waals surface area contributed by atoms with Crippen LogP contribution in [0, 0.1) is 0 Å². The molecule has 9 heteroatoms. The number of aromatic nitrogens is 3. The van der Waals surface area contributed by atoms with Gasteiger partial charge in [0, 0.05) is 31.2 Å². The van der Waals surface area contributed by atoms with E-state index in [1.165, 1.54) is 11.8 Å². The van der Waals surface area contributed by atoms with Crippen LogP contribution in [0.2, 0.25) is 0 Å². The van der Waals surface area contributed by atoms with Gasteiger partial charge in [-0.1, -0.05) is 30.0 Å². The standard InChI is InChI=1S/C20H24N4O4S/c1-27-10-8-24-19(26)18-17(14-6-2-3-7-15(14)22-18)23-20(24)29-12-16(25)21-11-13-5-4-9-28-13/h2-3,6-7,13,22H,4-5,8-12H2,1H3,(H,21,25)/t13-/m0/s1. The number of methoxy groups -OCH3 is 1. The number of fused-ring (bicyclic) bond motifs is 3. The van der Waals surface area contributed by atoms with Crippen molar-refractivity contribution in [3.63, 3.8) is 0 Å². The van der Waals surface area contributed by atoms with Crippen LogP contribution in [0.3, 0.4) is 0 Å². The first-order valence-corrected chi connectivity index (χ1v) is 10.7. The third-order valence-electron chi connectivity index (χ3n) is 4.98. The highest BCUT2D eigenvalue weighted by Gasteiger charge is 2.18. The fourth-order valence-electron chi connectivity index (χ4n) is 3.48. The maximum absolute atomic E-state index is 13.1. The summed E-state index contributed by atoms with van der Waals surface area (Å²) in [5.74, 6) is 0.0806. The van der Waals surface area contributed by atoms with E-state index in [-0.39, 0.29) is 23.3 Å². The summed E-state index contributed by atoms with van der Waals surface area (Å²) in [6, 6.07) is 7.68. The number of ether oxygens (including phenoxy) is 2. The van der Waals surface area contributed by atoms with E-state index in [9.17, 15) is 9.59 Å². The van der Waals surface area contributed by atoms with Gasteiger partial charge in [0.15, 0.2) is 5.16 Å². The van der Waals surface area contributed by atoms with Crippen LogP contribution in [0.15, 0.2) is 34.2 Å². The Bertz CT molecular complexity index is 1070. The van der Waals surface area contributed by atoms with Gasteiger partial charge < -0.3 is 19.8 Å². The van der Waals surface area contributed by atoms with Gasteiger partial charge in [0.1, 0.15) is 11.0 Å². The number of aromatic amines is 1. The quantitative estimate of drug-likeness (QED) is 0.430. The topological polar surface area (TPSA) is 98.2 Å². The van der Waals surface area contributed by atoms with Gasteiger partial charge in [0.2, 0.25) is 5.91 Å². The third kappa shape index (κ3) is 4.31. The highest BCUT2D eigenvalue weighted by molar-refractivity contribution is 7.99. The Morgan fingerprint density at radius 2 is 2.31 bits per heavy atom. The number of hydrogen-bond donors (Lipinski definition) is 2. The fraction of sp³-hybridized carbons (Fsp3) is 0.450. The molecule has 0 bridgehead atoms. The number of rotatable bonds is 8. The number of hydrogen-bond acceptors (Lipinski definition) is 6. The molecule has 2 aromatic heterocycles. The van der Waals surface area contributed by atoms with Crippen molar-refractivity contribution in [3.8, 4) is 0 Å². The molecule has 1 aromatic carbocycles. The SMILES string of the molecule is COCCn1c(SCC(=O)NC[C@@H]2CCCO2)nc2c([nH]c3ccccc32)c1=O. The van der Waals surface area contributed by atoms with Crippen LogP contribution < -0.4 is 10.9 Å². The van der Waals surface area contributed by atoms with E-state index in [1.807, 2.05) is 24.3 Å². The van der Waals surface area contributed by atoms with Crippen molar-refractivity contribution in [2.45, 2.75) is 30.6 Å². The molecule has 154 valence electrons. The minimum absolute atomic E-state index is 0.0999. The second-order valence-corrected chi connectivity index (χ2v) is 7.91. The average molecular weight is 417 g/mol. The zero-order valence-electron chi connectivity index (χ0n) is 16.3. The third-order valence-corrected chi connectivity index (χ3v) is 5.95. The van der Waals surface area contributed by atoms with Crippen LogP contribution in [0.25, 0.3) is 21.9 Å². The molecule has 1 aliphatic rings. The average Bonchev–Trinajstić information content (AvgIpc) is 3.38. The summed E-state index contributed by atoms with van der Waals surface area (Å²) >= 11 is 1.26. The van der Waals surface area contributed by atoms with E-state index in [0.29, 0.717) is 35.9 Å². The Kier molecular flexibility index (Phi) is 6.17. The van der Waals surface area contributed by atoms with Crippen molar-refractivity contribution in [2.24, 2.45) is 0 Å². The number of carbonyl (C=O) groups excluding carboxylic acids is 1. The van der Waals surface area contributed by atoms with Gasteiger partial charge >= 0.3 is 0 Å². The fourth-order valence-corrected chi connectivity index (χ4v) is 4.33. The molecule has 2 N–H and O–H groups in total. The summed E-state index contributed by atoms with van der Waals surface area (Å²) in [5, 5.41) is 4.31. The smallest absolute Gasteiger partial charge is 0.278 e. The molecule has 0 spiro atoms. The summed E-state index contributed by atoms with van der Waals surface area (Å²) in [6.07, 6.45) is 2.11. The van der Waals surface area contributed by atoms with Crippen molar-refractivity contribution in [1.29, 1.82) is 0 Å². The van der Waals surface area contributed by atoms with Crippen LogP contribution in [0.1, 0.15) is 12.8 Å². The molecule has 1 aliphatic heterocycles. The molecule has 1 amide bonds. The number of nitrogens with zero attached hydrogens (tertiary/aromatic N) is 2. The predicted molar refractivity (Wildman–Crippen MR) is 112 cm³/mol. The molecule has 0 aliphatic carbocycles. The molecule has 1 fully saturated rings. The van der Waals surface area contributed by atoms with Gasteiger partial charge in [-0.15, -0.1) is 0 Å². The first-order valence-electron chi connectivity index (χ1n) is 9.68. The lowest BCUT2D eigenvalue weighted by Gasteiger charge is -2.13. The van der Waals surface area contributed by atoms with Gasteiger partial charge in [-0.05, 0) is 18.9 Å². The lowest BCUT2D eigenvalue weighted by molar-refractivity contribution is -0.119. The van der Waals surface area contributed by atoms with Crippen molar-refractivity contribution < 1.29 is 14.3 Å². The van der Waals surface area contributed by atoms with Gasteiger partial charge in [-0.25, -0.2) is 4.98 Å². The summed E-state index contributed by atoms with van der Waals surface area (Å²) in [5.41, 5.74) is 1.79. The highest BCUT2D eigenvalue weighted by atomic mass is 32.2. The van der Waals surface area contributed by atoms with Gasteiger partial charge in [-0.2, -0.15) is 0 Å². The molecular formula is C20H24N4O4S. The van der Waals surface area contributed by atoms with Gasteiger partial charge in [0.25, 0.3) is 5.56 Å². The Morgan fingerprint density at radius 1 is 1.45 bits per heavy atom. The lowest BCUT2D eigenvalue weighted by Crippen LogP contribution is -2.33. The first kappa shape index (κ1) is 19.9. The Hall–Kier alpha value is -2.36. The minimum Gasteiger partial charge on any atom is -0.383 e. The minimum atomic E-state index is -0.162. The van der Waals surface area contributed by atoms with E-state index in [1.54, 1.807) is 11.7 Å². The number of carbonyl (C=O) groups is 1. The molecule has 29 heavy (non-hydrogen) atoms. The summed E-state index contributed by atoms with van der Waals surface area (Å²) in [6.45, 7) is 2.03. The molecule has 1 saturated heterocycles. The van der Waals surface area contributed by atoms with E-state index in [2.05, 4.69) is 10.3 Å². The maximum atomic E-state index is 13.1. The van der Waals surface area contributed by atoms with Crippen molar-refractivity contribution >= 4 is 39.6 Å². The van der Waals surface area contributed by atoms with Crippen molar-refractivity contribution in [3.05, 3.63) is 34.6 Å². The second-order valence-electron chi connectivity index (χ2n) is 6.97. The molecule has 4 rings (SSSR count). The summed E-state index contributed by atoms with van der Waals surface area (Å²) in [4.78, 5) is 33.2. The molecule has 0 unspecified atom stereocenters. The largest absolute Gasteiger partial charge is 0.383 e. The van der Waals surface area contributed by atoms with E-state index in [0.717, 1.165) is 30.4 Å². The summed E-state index contributed by atoms with van der Waals surface area (Å²) < 4.78 is 12.2. The van der Waals surface area contributed by atoms with E-state index in [4.69, 9.17) is 14.5 Å². The Morgan fingerprint density at radius 3 is 3.10 bits per heavy atom. The van der Waals surface area contributed by atoms with Crippen LogP contribution in [-0.2, 0) is 20.8 Å². The van der Waals surface area contributed by atoms with Crippen LogP contribution in [-0.4, -0.2) is 59.2 Å². The van der Waals surface area contributed by atoms with Crippen LogP contribution >= 0.6 is 11.8 Å². The van der Waals surface area contributed by atoms with E-state index >= 15 is 0 Å². The number of thioether (sulfide) groups is 1. The summed E-state index contributed by atoms with van der Waals surface area (Å²) in [7, 11) is 1.59. The zero-order valence-corrected chi connectivity index (χ0v) is 17.1. The normalized spacial score (nSPS) is 16.7. The molecule has 0 radical (unpaired) electrons.